The molecule has 1 amide bonds. The number of aryl methyl sites for hydroxylation is 2. The van der Waals surface area contributed by atoms with E-state index in [4.69, 9.17) is 9.26 Å². The molecule has 1 atom stereocenters. The Morgan fingerprint density at radius 3 is 2.97 bits per heavy atom. The van der Waals surface area contributed by atoms with E-state index in [-0.39, 0.29) is 17.4 Å². The van der Waals surface area contributed by atoms with Crippen LogP contribution in [0.3, 0.4) is 0 Å². The van der Waals surface area contributed by atoms with Crippen LogP contribution >= 0.6 is 0 Å². The van der Waals surface area contributed by atoms with Crippen LogP contribution in [0, 0.1) is 13.8 Å². The maximum absolute atomic E-state index is 12.7. The Morgan fingerprint density at radius 1 is 1.38 bits per heavy atom. The monoisotopic (exact) mass is 399 g/mol. The molecule has 29 heavy (non-hydrogen) atoms. The third kappa shape index (κ3) is 3.76. The highest BCUT2D eigenvalue weighted by Crippen LogP contribution is 2.27. The lowest BCUT2D eigenvalue weighted by Gasteiger charge is -2.32. The first-order valence-corrected chi connectivity index (χ1v) is 9.82. The lowest BCUT2D eigenvalue weighted by molar-refractivity contribution is -0.132. The van der Waals surface area contributed by atoms with Crippen molar-refractivity contribution in [3.05, 3.63) is 45.2 Å². The van der Waals surface area contributed by atoms with Crippen LogP contribution in [0.1, 0.15) is 47.9 Å². The van der Waals surface area contributed by atoms with Gasteiger partial charge in [0.25, 0.3) is 11.4 Å². The number of aromatic amines is 1. The average molecular weight is 399 g/mol. The predicted molar refractivity (Wildman–Crippen MR) is 105 cm³/mol. The summed E-state index contributed by atoms with van der Waals surface area (Å²) >= 11 is 0. The molecule has 0 spiro atoms. The summed E-state index contributed by atoms with van der Waals surface area (Å²) in [6.45, 7) is 4.99. The highest BCUT2D eigenvalue weighted by atomic mass is 16.5. The molecule has 0 aromatic carbocycles. The lowest BCUT2D eigenvalue weighted by Crippen LogP contribution is -2.39. The summed E-state index contributed by atoms with van der Waals surface area (Å²) in [7, 11) is 1.52. The number of carbonyl (C=O) groups excluding carboxylic acids is 1. The topological polar surface area (TPSA) is 106 Å². The van der Waals surface area contributed by atoms with Gasteiger partial charge in [0.2, 0.25) is 5.91 Å². The van der Waals surface area contributed by atoms with Crippen molar-refractivity contribution in [1.29, 1.82) is 0 Å². The number of hydrogen-bond donors (Lipinski definition) is 1. The average Bonchev–Trinajstić information content (AvgIpc) is 3.37. The maximum atomic E-state index is 12.7. The second-order valence-electron chi connectivity index (χ2n) is 7.55. The highest BCUT2D eigenvalue weighted by molar-refractivity contribution is 5.76. The van der Waals surface area contributed by atoms with Gasteiger partial charge in [-0.3, -0.25) is 14.7 Å². The summed E-state index contributed by atoms with van der Waals surface area (Å²) in [4.78, 5) is 31.6. The van der Waals surface area contributed by atoms with E-state index in [2.05, 4.69) is 15.2 Å². The number of hydrogen-bond acceptors (Lipinski definition) is 6. The Kier molecular flexibility index (Phi) is 5.12. The summed E-state index contributed by atoms with van der Waals surface area (Å²) in [6.07, 6.45) is 2.72. The molecule has 1 N–H and O–H groups in total. The standard InChI is InChI=1S/C20H25N5O4/c1-12-13(2)21-17-10-16(22-25(17)20(12)27)14-5-4-8-24(11-14)19(26)7-6-15-9-18(28-3)23-29-15/h9-10,14,22H,4-8,11H2,1-3H3. The molecule has 0 saturated carbocycles. The summed E-state index contributed by atoms with van der Waals surface area (Å²) in [5.41, 5.74) is 2.86. The number of piperidine rings is 1. The number of amides is 1. The van der Waals surface area contributed by atoms with Gasteiger partial charge in [-0.1, -0.05) is 0 Å². The first-order valence-electron chi connectivity index (χ1n) is 9.82. The van der Waals surface area contributed by atoms with Crippen molar-refractivity contribution in [2.75, 3.05) is 20.2 Å². The molecule has 9 nitrogen and oxygen atoms in total. The van der Waals surface area contributed by atoms with Gasteiger partial charge in [0.1, 0.15) is 5.76 Å². The molecule has 9 heteroatoms. The van der Waals surface area contributed by atoms with E-state index in [9.17, 15) is 9.59 Å². The Bertz CT molecular complexity index is 1100. The normalized spacial score (nSPS) is 17.1. The number of carbonyl (C=O) groups is 1. The molecular weight excluding hydrogens is 374 g/mol. The van der Waals surface area contributed by atoms with Crippen LogP contribution in [0.2, 0.25) is 0 Å². The Balaban J connectivity index is 1.45. The number of nitrogens with one attached hydrogen (secondary N) is 1. The van der Waals surface area contributed by atoms with Crippen molar-refractivity contribution in [2.24, 2.45) is 0 Å². The van der Waals surface area contributed by atoms with Crippen LogP contribution in [-0.4, -0.2) is 50.8 Å². The van der Waals surface area contributed by atoms with E-state index in [0.717, 1.165) is 30.8 Å². The fourth-order valence-electron chi connectivity index (χ4n) is 3.80. The van der Waals surface area contributed by atoms with Gasteiger partial charge in [0.05, 0.1) is 7.11 Å². The van der Waals surface area contributed by atoms with E-state index in [1.54, 1.807) is 13.0 Å². The van der Waals surface area contributed by atoms with Gasteiger partial charge < -0.3 is 14.2 Å². The van der Waals surface area contributed by atoms with Gasteiger partial charge >= 0.3 is 0 Å². The third-order valence-electron chi connectivity index (χ3n) is 5.65. The van der Waals surface area contributed by atoms with Crippen LogP contribution in [0.15, 0.2) is 21.5 Å². The number of likely N-dealkylation sites (tertiary alicyclic amines) is 1. The van der Waals surface area contributed by atoms with Gasteiger partial charge in [-0.25, -0.2) is 9.50 Å². The minimum absolute atomic E-state index is 0.0787. The van der Waals surface area contributed by atoms with Crippen LogP contribution in [0.5, 0.6) is 5.88 Å². The fourth-order valence-corrected chi connectivity index (χ4v) is 3.80. The third-order valence-corrected chi connectivity index (χ3v) is 5.65. The van der Waals surface area contributed by atoms with Crippen molar-refractivity contribution in [3.63, 3.8) is 0 Å². The van der Waals surface area contributed by atoms with Crippen LogP contribution in [-0.2, 0) is 11.2 Å². The summed E-state index contributed by atoms with van der Waals surface area (Å²) < 4.78 is 11.6. The fraction of sp³-hybridized carbons (Fsp3) is 0.500. The van der Waals surface area contributed by atoms with Gasteiger partial charge in [0, 0.05) is 60.9 Å². The predicted octanol–water partition coefficient (Wildman–Crippen LogP) is 1.97. The molecule has 1 fully saturated rings. The zero-order chi connectivity index (χ0) is 20.5. The molecule has 1 aliphatic rings. The molecule has 3 aromatic rings. The Morgan fingerprint density at radius 2 is 2.21 bits per heavy atom. The van der Waals surface area contributed by atoms with E-state index in [1.807, 2.05) is 17.9 Å². The number of fused-ring (bicyclic) bond motifs is 1. The molecule has 154 valence electrons. The summed E-state index contributed by atoms with van der Waals surface area (Å²) in [6, 6.07) is 3.62. The van der Waals surface area contributed by atoms with Gasteiger partial charge in [-0.15, -0.1) is 0 Å². The smallest absolute Gasteiger partial charge is 0.275 e. The molecule has 0 aliphatic carbocycles. The molecule has 1 unspecified atom stereocenters. The number of methoxy groups -OCH3 is 1. The molecule has 0 bridgehead atoms. The second-order valence-corrected chi connectivity index (χ2v) is 7.55. The molecule has 0 radical (unpaired) electrons. The first kappa shape index (κ1) is 19.2. The molecule has 1 saturated heterocycles. The SMILES string of the molecule is COc1cc(CCC(=O)N2CCCC(c3cc4nc(C)c(C)c(=O)n4[nH]3)C2)on1. The molecule has 1 aliphatic heterocycles. The number of nitrogens with zero attached hydrogens (tertiary/aromatic N) is 4. The van der Waals surface area contributed by atoms with Crippen molar-refractivity contribution in [2.45, 2.75) is 45.4 Å². The van der Waals surface area contributed by atoms with Crippen LogP contribution < -0.4 is 10.3 Å². The quantitative estimate of drug-likeness (QED) is 0.703. The van der Waals surface area contributed by atoms with Gasteiger partial charge in [0.15, 0.2) is 5.65 Å². The number of H-pyrrole nitrogens is 1. The maximum Gasteiger partial charge on any atom is 0.275 e. The first-order chi connectivity index (χ1) is 14.0. The van der Waals surface area contributed by atoms with E-state index in [0.29, 0.717) is 42.2 Å². The van der Waals surface area contributed by atoms with E-state index in [1.165, 1.54) is 11.6 Å². The van der Waals surface area contributed by atoms with Crippen LogP contribution in [0.4, 0.5) is 0 Å². The molecule has 4 rings (SSSR count). The van der Waals surface area contributed by atoms with Crippen molar-refractivity contribution in [3.8, 4) is 5.88 Å². The second kappa shape index (κ2) is 7.73. The minimum Gasteiger partial charge on any atom is -0.479 e. The highest BCUT2D eigenvalue weighted by Gasteiger charge is 2.26. The number of rotatable bonds is 5. The lowest BCUT2D eigenvalue weighted by atomic mass is 9.94. The van der Waals surface area contributed by atoms with Crippen molar-refractivity contribution in [1.82, 2.24) is 24.7 Å². The number of aromatic nitrogens is 4. The van der Waals surface area contributed by atoms with Gasteiger partial charge in [-0.2, -0.15) is 0 Å². The van der Waals surface area contributed by atoms with Gasteiger partial charge in [-0.05, 0) is 31.8 Å². The van der Waals surface area contributed by atoms with Crippen molar-refractivity contribution < 1.29 is 14.1 Å². The zero-order valence-corrected chi connectivity index (χ0v) is 16.9. The Hall–Kier alpha value is -3.10. The zero-order valence-electron chi connectivity index (χ0n) is 16.9. The van der Waals surface area contributed by atoms with E-state index < -0.39 is 0 Å². The molecular formula is C20H25N5O4. The van der Waals surface area contributed by atoms with E-state index >= 15 is 0 Å². The molecule has 3 aromatic heterocycles. The Labute approximate surface area is 167 Å². The number of ether oxygens (including phenoxy) is 1. The summed E-state index contributed by atoms with van der Waals surface area (Å²) in [5.74, 6) is 1.29. The van der Waals surface area contributed by atoms with Crippen molar-refractivity contribution >= 4 is 11.6 Å². The van der Waals surface area contributed by atoms with Crippen LogP contribution in [0.25, 0.3) is 5.65 Å². The molecule has 4 heterocycles. The summed E-state index contributed by atoms with van der Waals surface area (Å²) in [5, 5.41) is 6.95. The largest absolute Gasteiger partial charge is 0.479 e. The minimum atomic E-state index is -0.0787.